The first-order valence-electron chi connectivity index (χ1n) is 5.63. The van der Waals surface area contributed by atoms with Gasteiger partial charge in [-0.15, -0.1) is 0 Å². The molecule has 0 fully saturated rings. The van der Waals surface area contributed by atoms with E-state index in [1.807, 2.05) is 19.1 Å². The van der Waals surface area contributed by atoms with Crippen LogP contribution >= 0.6 is 0 Å². The molecular weight excluding hydrogens is 248 g/mol. The molecule has 0 radical (unpaired) electrons. The molecule has 1 aromatic carbocycles. The highest BCUT2D eigenvalue weighted by Crippen LogP contribution is 2.27. The number of anilines is 1. The lowest BCUT2D eigenvalue weighted by molar-refractivity contribution is 0.311. The van der Waals surface area contributed by atoms with E-state index in [1.165, 1.54) is 0 Å². The Bertz CT molecular complexity index is 580. The van der Waals surface area contributed by atoms with E-state index in [2.05, 4.69) is 20.6 Å². The number of rotatable bonds is 5. The lowest BCUT2D eigenvalue weighted by Crippen LogP contribution is -2.00. The van der Waals surface area contributed by atoms with Gasteiger partial charge in [0.2, 0.25) is 0 Å². The molecule has 0 aliphatic heterocycles. The summed E-state index contributed by atoms with van der Waals surface area (Å²) in [4.78, 5) is 1.13. The number of benzene rings is 1. The van der Waals surface area contributed by atoms with Gasteiger partial charge in [-0.25, -0.2) is 0 Å². The summed E-state index contributed by atoms with van der Waals surface area (Å²) in [5, 5.41) is 14.5. The SMILES string of the molecule is CCOc1ccc(C=Nn2nnnc2N)cc1OC. The van der Waals surface area contributed by atoms with Crippen molar-refractivity contribution in [1.29, 1.82) is 0 Å². The summed E-state index contributed by atoms with van der Waals surface area (Å²) in [5.41, 5.74) is 6.31. The van der Waals surface area contributed by atoms with Gasteiger partial charge in [-0.05, 0) is 41.1 Å². The van der Waals surface area contributed by atoms with E-state index in [0.29, 0.717) is 18.1 Å². The van der Waals surface area contributed by atoms with Crippen LogP contribution in [0.3, 0.4) is 0 Å². The average molecular weight is 262 g/mol. The topological polar surface area (TPSA) is 100 Å². The van der Waals surface area contributed by atoms with Crippen molar-refractivity contribution in [3.63, 3.8) is 0 Å². The third kappa shape index (κ3) is 2.97. The molecule has 0 unspecified atom stereocenters. The highest BCUT2D eigenvalue weighted by atomic mass is 16.5. The number of hydrogen-bond donors (Lipinski definition) is 1. The molecule has 8 heteroatoms. The van der Waals surface area contributed by atoms with E-state index in [1.54, 1.807) is 19.4 Å². The molecule has 19 heavy (non-hydrogen) atoms. The summed E-state index contributed by atoms with van der Waals surface area (Å²) in [6, 6.07) is 5.46. The van der Waals surface area contributed by atoms with E-state index in [0.717, 1.165) is 10.4 Å². The largest absolute Gasteiger partial charge is 0.493 e. The minimum atomic E-state index is 0.120. The fourth-order valence-corrected chi connectivity index (χ4v) is 1.43. The van der Waals surface area contributed by atoms with Crippen LogP contribution in [0, 0.1) is 0 Å². The summed E-state index contributed by atoms with van der Waals surface area (Å²) in [7, 11) is 1.58. The Morgan fingerprint density at radius 3 is 2.89 bits per heavy atom. The first-order valence-corrected chi connectivity index (χ1v) is 5.63. The summed E-state index contributed by atoms with van der Waals surface area (Å²) in [6.07, 6.45) is 1.57. The number of nitrogen functional groups attached to an aromatic ring is 1. The second kappa shape index (κ2) is 5.80. The van der Waals surface area contributed by atoms with Gasteiger partial charge in [0.25, 0.3) is 5.95 Å². The Balaban J connectivity index is 2.22. The van der Waals surface area contributed by atoms with Gasteiger partial charge in [-0.2, -0.15) is 5.10 Å². The normalized spacial score (nSPS) is 10.8. The Kier molecular flexibility index (Phi) is 3.91. The minimum Gasteiger partial charge on any atom is -0.493 e. The fraction of sp³-hybridized carbons (Fsp3) is 0.273. The zero-order valence-corrected chi connectivity index (χ0v) is 10.6. The van der Waals surface area contributed by atoms with Crippen molar-refractivity contribution in [2.45, 2.75) is 6.92 Å². The fourth-order valence-electron chi connectivity index (χ4n) is 1.43. The third-order valence-electron chi connectivity index (χ3n) is 2.28. The van der Waals surface area contributed by atoms with Gasteiger partial charge in [0.1, 0.15) is 0 Å². The Morgan fingerprint density at radius 1 is 1.42 bits per heavy atom. The molecule has 8 nitrogen and oxygen atoms in total. The number of hydrogen-bond acceptors (Lipinski definition) is 7. The van der Waals surface area contributed by atoms with Gasteiger partial charge >= 0.3 is 0 Å². The summed E-state index contributed by atoms with van der Waals surface area (Å²) in [6.45, 7) is 2.49. The lowest BCUT2D eigenvalue weighted by Gasteiger charge is -2.09. The molecular formula is C11H14N6O2. The summed E-state index contributed by atoms with van der Waals surface area (Å²) in [5.74, 6) is 1.44. The molecule has 2 rings (SSSR count). The number of ether oxygens (including phenoxy) is 2. The van der Waals surface area contributed by atoms with Crippen LogP contribution in [0.5, 0.6) is 11.5 Å². The number of methoxy groups -OCH3 is 1. The van der Waals surface area contributed by atoms with Crippen LogP contribution in [0.25, 0.3) is 0 Å². The maximum Gasteiger partial charge on any atom is 0.263 e. The zero-order chi connectivity index (χ0) is 13.7. The van der Waals surface area contributed by atoms with Crippen LogP contribution in [-0.2, 0) is 0 Å². The molecule has 100 valence electrons. The van der Waals surface area contributed by atoms with E-state index < -0.39 is 0 Å². The molecule has 2 N–H and O–H groups in total. The summed E-state index contributed by atoms with van der Waals surface area (Å²) < 4.78 is 10.7. The smallest absolute Gasteiger partial charge is 0.263 e. The zero-order valence-electron chi connectivity index (χ0n) is 10.6. The highest BCUT2D eigenvalue weighted by Gasteiger charge is 2.04. The molecule has 0 aliphatic rings. The highest BCUT2D eigenvalue weighted by molar-refractivity contribution is 5.80. The summed E-state index contributed by atoms with van der Waals surface area (Å²) >= 11 is 0. The second-order valence-corrected chi connectivity index (χ2v) is 3.51. The van der Waals surface area contributed by atoms with Crippen molar-refractivity contribution in [2.75, 3.05) is 19.5 Å². The maximum absolute atomic E-state index is 5.49. The Morgan fingerprint density at radius 2 is 2.26 bits per heavy atom. The van der Waals surface area contributed by atoms with Gasteiger partial charge in [-0.3, -0.25) is 0 Å². The van der Waals surface area contributed by atoms with Crippen LogP contribution in [0.4, 0.5) is 5.95 Å². The van der Waals surface area contributed by atoms with Crippen LogP contribution in [0.2, 0.25) is 0 Å². The van der Waals surface area contributed by atoms with E-state index in [-0.39, 0.29) is 5.95 Å². The predicted molar refractivity (Wildman–Crippen MR) is 69.4 cm³/mol. The van der Waals surface area contributed by atoms with Crippen molar-refractivity contribution >= 4 is 12.2 Å². The standard InChI is InChI=1S/C11H14N6O2/c1-3-19-9-5-4-8(6-10(9)18-2)7-13-17-11(12)14-15-16-17/h4-7H,3H2,1-2H3,(H2,12,14,16). The molecule has 0 aliphatic carbocycles. The van der Waals surface area contributed by atoms with Crippen molar-refractivity contribution in [2.24, 2.45) is 5.10 Å². The second-order valence-electron chi connectivity index (χ2n) is 3.51. The van der Waals surface area contributed by atoms with Gasteiger partial charge in [0.05, 0.1) is 19.9 Å². The number of aromatic nitrogens is 4. The minimum absolute atomic E-state index is 0.120. The molecule has 0 atom stereocenters. The monoisotopic (exact) mass is 262 g/mol. The molecule has 0 saturated heterocycles. The van der Waals surface area contributed by atoms with Crippen molar-refractivity contribution in [3.05, 3.63) is 23.8 Å². The van der Waals surface area contributed by atoms with Crippen LogP contribution in [0.15, 0.2) is 23.3 Å². The molecule has 0 spiro atoms. The van der Waals surface area contributed by atoms with Crippen molar-refractivity contribution in [3.8, 4) is 11.5 Å². The molecule has 1 heterocycles. The molecule has 2 aromatic rings. The molecule has 0 saturated carbocycles. The third-order valence-corrected chi connectivity index (χ3v) is 2.28. The predicted octanol–water partition coefficient (Wildman–Crippen LogP) is 0.545. The Hall–Kier alpha value is -2.64. The van der Waals surface area contributed by atoms with Crippen molar-refractivity contribution < 1.29 is 9.47 Å². The average Bonchev–Trinajstić information content (AvgIpc) is 2.83. The van der Waals surface area contributed by atoms with Crippen LogP contribution < -0.4 is 15.2 Å². The quantitative estimate of drug-likeness (QED) is 0.789. The van der Waals surface area contributed by atoms with Crippen LogP contribution in [-0.4, -0.2) is 40.2 Å². The number of nitrogens with zero attached hydrogens (tertiary/aromatic N) is 5. The number of nitrogens with two attached hydrogens (primary N) is 1. The van der Waals surface area contributed by atoms with E-state index >= 15 is 0 Å². The van der Waals surface area contributed by atoms with Gasteiger partial charge in [0, 0.05) is 0 Å². The first-order chi connectivity index (χ1) is 9.24. The number of tetrazole rings is 1. The van der Waals surface area contributed by atoms with Gasteiger partial charge in [-0.1, -0.05) is 9.89 Å². The lowest BCUT2D eigenvalue weighted by atomic mass is 10.2. The molecule has 0 bridgehead atoms. The van der Waals surface area contributed by atoms with Gasteiger partial charge in [0.15, 0.2) is 11.5 Å². The maximum atomic E-state index is 5.49. The van der Waals surface area contributed by atoms with E-state index in [4.69, 9.17) is 15.2 Å². The van der Waals surface area contributed by atoms with E-state index in [9.17, 15) is 0 Å². The van der Waals surface area contributed by atoms with Crippen LogP contribution in [0.1, 0.15) is 12.5 Å². The molecule has 0 amide bonds. The molecule has 1 aromatic heterocycles. The first kappa shape index (κ1) is 12.8. The Labute approximate surface area is 109 Å². The van der Waals surface area contributed by atoms with Gasteiger partial charge < -0.3 is 15.2 Å². The van der Waals surface area contributed by atoms with Crippen molar-refractivity contribution in [1.82, 2.24) is 20.3 Å².